The summed E-state index contributed by atoms with van der Waals surface area (Å²) in [4.78, 5) is 16.0. The summed E-state index contributed by atoms with van der Waals surface area (Å²) in [5.74, 6) is 0.214. The van der Waals surface area contributed by atoms with Gasteiger partial charge in [0.05, 0.1) is 5.56 Å². The van der Waals surface area contributed by atoms with Gasteiger partial charge in [-0.3, -0.25) is 4.79 Å². The third kappa shape index (κ3) is 4.00. The first kappa shape index (κ1) is 17.9. The summed E-state index contributed by atoms with van der Waals surface area (Å²) in [6, 6.07) is 10.6. The number of carbonyl (C=O) groups excluding carboxylic acids is 1. The molecule has 1 amide bonds. The molecule has 3 N–H and O–H groups in total. The minimum atomic E-state index is -0.140. The summed E-state index contributed by atoms with van der Waals surface area (Å²) in [6.45, 7) is 3.89. The van der Waals surface area contributed by atoms with Gasteiger partial charge in [0.15, 0.2) is 10.7 Å². The molecule has 1 heterocycles. The number of oxazole rings is 1. The Labute approximate surface area is 156 Å². The number of carbonyl (C=O) groups is 1. The van der Waals surface area contributed by atoms with Crippen molar-refractivity contribution in [1.82, 2.24) is 10.3 Å². The second kappa shape index (κ2) is 7.53. The van der Waals surface area contributed by atoms with Crippen LogP contribution in [0.2, 0.25) is 0 Å². The third-order valence-corrected chi connectivity index (χ3v) is 3.96. The summed E-state index contributed by atoms with van der Waals surface area (Å²) in [6.07, 6.45) is 1.15. The Kier molecular flexibility index (Phi) is 5.18. The van der Waals surface area contributed by atoms with Crippen LogP contribution in [0.4, 0.5) is 5.69 Å². The second-order valence-corrected chi connectivity index (χ2v) is 6.38. The lowest BCUT2D eigenvalue weighted by molar-refractivity contribution is -0.119. The van der Waals surface area contributed by atoms with Crippen LogP contribution in [0.25, 0.3) is 22.6 Å². The number of aryl methyl sites for hydroxylation is 1. The SMILES string of the molecule is CCCC(=O)NC(=S)Nc1ccc(O)c(-c2nc3ccc(C)cc3o2)c1. The van der Waals surface area contributed by atoms with Crippen molar-refractivity contribution in [3.63, 3.8) is 0 Å². The topological polar surface area (TPSA) is 87.4 Å². The number of benzene rings is 2. The van der Waals surface area contributed by atoms with Crippen LogP contribution in [-0.2, 0) is 4.79 Å². The van der Waals surface area contributed by atoms with Gasteiger partial charge in [0, 0.05) is 12.1 Å². The van der Waals surface area contributed by atoms with Crippen LogP contribution in [0.5, 0.6) is 5.75 Å². The van der Waals surface area contributed by atoms with Gasteiger partial charge in [-0.25, -0.2) is 4.98 Å². The van der Waals surface area contributed by atoms with E-state index in [9.17, 15) is 9.90 Å². The Morgan fingerprint density at radius 2 is 2.08 bits per heavy atom. The second-order valence-electron chi connectivity index (χ2n) is 5.97. The van der Waals surface area contributed by atoms with Crippen LogP contribution in [-0.4, -0.2) is 21.1 Å². The standard InChI is InChI=1S/C19H19N3O3S/c1-3-4-17(24)22-19(26)20-12-6-8-15(23)13(10-12)18-21-14-7-5-11(2)9-16(14)25-18/h5-10,23H,3-4H2,1-2H3,(H2,20,22,24,26). The molecule has 0 unspecified atom stereocenters. The molecule has 0 atom stereocenters. The molecule has 0 aliphatic heterocycles. The number of aromatic hydroxyl groups is 1. The minimum absolute atomic E-state index is 0.0414. The van der Waals surface area contributed by atoms with Crippen molar-refractivity contribution in [1.29, 1.82) is 0 Å². The molecular formula is C19H19N3O3S. The van der Waals surface area contributed by atoms with Crippen LogP contribution < -0.4 is 10.6 Å². The third-order valence-electron chi connectivity index (χ3n) is 3.76. The number of fused-ring (bicyclic) bond motifs is 1. The fourth-order valence-electron chi connectivity index (χ4n) is 2.51. The molecule has 3 aromatic rings. The summed E-state index contributed by atoms with van der Waals surface area (Å²) < 4.78 is 5.77. The van der Waals surface area contributed by atoms with Gasteiger partial charge < -0.3 is 20.2 Å². The lowest BCUT2D eigenvalue weighted by Gasteiger charge is -2.10. The minimum Gasteiger partial charge on any atom is -0.507 e. The van der Waals surface area contributed by atoms with Crippen LogP contribution in [0.3, 0.4) is 0 Å². The van der Waals surface area contributed by atoms with Gasteiger partial charge in [-0.1, -0.05) is 13.0 Å². The van der Waals surface area contributed by atoms with Crippen molar-refractivity contribution in [2.24, 2.45) is 0 Å². The smallest absolute Gasteiger partial charge is 0.231 e. The highest BCUT2D eigenvalue weighted by molar-refractivity contribution is 7.80. The molecule has 2 aromatic carbocycles. The van der Waals surface area contributed by atoms with E-state index >= 15 is 0 Å². The van der Waals surface area contributed by atoms with Crippen molar-refractivity contribution >= 4 is 40.0 Å². The number of hydrogen-bond donors (Lipinski definition) is 3. The molecule has 0 radical (unpaired) electrons. The highest BCUT2D eigenvalue weighted by Gasteiger charge is 2.14. The van der Waals surface area contributed by atoms with E-state index in [2.05, 4.69) is 15.6 Å². The van der Waals surface area contributed by atoms with Crippen molar-refractivity contribution in [3.8, 4) is 17.2 Å². The van der Waals surface area contributed by atoms with E-state index in [0.29, 0.717) is 34.7 Å². The first-order chi connectivity index (χ1) is 12.5. The van der Waals surface area contributed by atoms with Gasteiger partial charge in [0.2, 0.25) is 11.8 Å². The molecule has 7 heteroatoms. The predicted molar refractivity (Wildman–Crippen MR) is 105 cm³/mol. The first-order valence-electron chi connectivity index (χ1n) is 8.27. The van der Waals surface area contributed by atoms with E-state index < -0.39 is 0 Å². The van der Waals surface area contributed by atoms with E-state index in [1.807, 2.05) is 32.0 Å². The highest BCUT2D eigenvalue weighted by atomic mass is 32.1. The van der Waals surface area contributed by atoms with Gasteiger partial charge in [-0.15, -0.1) is 0 Å². The average Bonchev–Trinajstić information content (AvgIpc) is 2.99. The Balaban J connectivity index is 1.85. The number of hydrogen-bond acceptors (Lipinski definition) is 5. The van der Waals surface area contributed by atoms with Gasteiger partial charge in [0.1, 0.15) is 11.3 Å². The number of anilines is 1. The van der Waals surface area contributed by atoms with Crippen molar-refractivity contribution < 1.29 is 14.3 Å². The molecule has 0 aliphatic carbocycles. The molecule has 0 bridgehead atoms. The monoisotopic (exact) mass is 369 g/mol. The fourth-order valence-corrected chi connectivity index (χ4v) is 2.74. The Bertz CT molecular complexity index is 981. The molecule has 0 spiro atoms. The highest BCUT2D eigenvalue weighted by Crippen LogP contribution is 2.33. The number of nitrogens with one attached hydrogen (secondary N) is 2. The number of rotatable bonds is 4. The largest absolute Gasteiger partial charge is 0.507 e. The normalized spacial score (nSPS) is 10.7. The molecule has 26 heavy (non-hydrogen) atoms. The molecule has 0 fully saturated rings. The maximum atomic E-state index is 11.6. The van der Waals surface area contributed by atoms with Crippen LogP contribution in [0.1, 0.15) is 25.3 Å². The van der Waals surface area contributed by atoms with E-state index in [-0.39, 0.29) is 16.8 Å². The zero-order chi connectivity index (χ0) is 18.7. The number of thiocarbonyl (C=S) groups is 1. The number of phenols is 1. The zero-order valence-corrected chi connectivity index (χ0v) is 15.3. The fraction of sp³-hybridized carbons (Fsp3) is 0.211. The maximum Gasteiger partial charge on any atom is 0.231 e. The number of nitrogens with zero attached hydrogens (tertiary/aromatic N) is 1. The van der Waals surface area contributed by atoms with Crippen molar-refractivity contribution in [2.45, 2.75) is 26.7 Å². The Morgan fingerprint density at radius 3 is 2.85 bits per heavy atom. The van der Waals surface area contributed by atoms with Gasteiger partial charge in [-0.05, 0) is 61.5 Å². The van der Waals surface area contributed by atoms with E-state index in [0.717, 1.165) is 12.0 Å². The molecule has 134 valence electrons. The molecule has 6 nitrogen and oxygen atoms in total. The molecule has 1 aromatic heterocycles. The molecular weight excluding hydrogens is 350 g/mol. The van der Waals surface area contributed by atoms with Crippen molar-refractivity contribution in [3.05, 3.63) is 42.0 Å². The molecule has 0 saturated heterocycles. The lowest BCUT2D eigenvalue weighted by atomic mass is 10.1. The van der Waals surface area contributed by atoms with Crippen molar-refractivity contribution in [2.75, 3.05) is 5.32 Å². The zero-order valence-electron chi connectivity index (χ0n) is 14.5. The first-order valence-corrected chi connectivity index (χ1v) is 8.68. The quantitative estimate of drug-likeness (QED) is 0.474. The Morgan fingerprint density at radius 1 is 1.27 bits per heavy atom. The van der Waals surface area contributed by atoms with E-state index in [1.165, 1.54) is 6.07 Å². The summed E-state index contributed by atoms with van der Waals surface area (Å²) >= 11 is 5.14. The number of amides is 1. The molecule has 0 aliphatic rings. The average molecular weight is 369 g/mol. The van der Waals surface area contributed by atoms with Gasteiger partial charge in [0.25, 0.3) is 0 Å². The Hall–Kier alpha value is -2.93. The van der Waals surface area contributed by atoms with Crippen LogP contribution in [0, 0.1) is 6.92 Å². The van der Waals surface area contributed by atoms with Gasteiger partial charge >= 0.3 is 0 Å². The summed E-state index contributed by atoms with van der Waals surface area (Å²) in [7, 11) is 0. The predicted octanol–water partition coefficient (Wildman–Crippen LogP) is 4.12. The molecule has 3 rings (SSSR count). The lowest BCUT2D eigenvalue weighted by Crippen LogP contribution is -2.33. The molecule has 0 saturated carbocycles. The van der Waals surface area contributed by atoms with Crippen LogP contribution >= 0.6 is 12.2 Å². The summed E-state index contributed by atoms with van der Waals surface area (Å²) in [5, 5.41) is 15.9. The number of phenolic OH excluding ortho intramolecular Hbond substituents is 1. The maximum absolute atomic E-state index is 11.6. The van der Waals surface area contributed by atoms with Crippen LogP contribution in [0.15, 0.2) is 40.8 Å². The van der Waals surface area contributed by atoms with Gasteiger partial charge in [-0.2, -0.15) is 0 Å². The van der Waals surface area contributed by atoms with E-state index in [1.54, 1.807) is 12.1 Å². The number of aromatic nitrogens is 1. The van der Waals surface area contributed by atoms with E-state index in [4.69, 9.17) is 16.6 Å². The summed E-state index contributed by atoms with van der Waals surface area (Å²) in [5.41, 5.74) is 3.48.